The van der Waals surface area contributed by atoms with E-state index in [-0.39, 0.29) is 12.1 Å². The lowest BCUT2D eigenvalue weighted by atomic mass is 9.97. The maximum Gasteiger partial charge on any atom is 0.145 e. The van der Waals surface area contributed by atoms with Crippen molar-refractivity contribution in [1.82, 2.24) is 14.7 Å². The highest BCUT2D eigenvalue weighted by molar-refractivity contribution is 7.05. The van der Waals surface area contributed by atoms with Crippen LogP contribution in [0.4, 0.5) is 0 Å². The zero-order valence-corrected chi connectivity index (χ0v) is 13.3. The zero-order chi connectivity index (χ0) is 14.9. The van der Waals surface area contributed by atoms with Gasteiger partial charge >= 0.3 is 0 Å². The van der Waals surface area contributed by atoms with E-state index in [0.29, 0.717) is 12.5 Å². The zero-order valence-electron chi connectivity index (χ0n) is 12.5. The van der Waals surface area contributed by atoms with Gasteiger partial charge in [-0.15, -0.1) is 0 Å². The molecule has 0 bridgehead atoms. The van der Waals surface area contributed by atoms with Crippen LogP contribution in [0.15, 0.2) is 24.3 Å². The first kappa shape index (κ1) is 14.6. The van der Waals surface area contributed by atoms with Gasteiger partial charge in [0, 0.05) is 18.0 Å². The molecule has 4 nitrogen and oxygen atoms in total. The van der Waals surface area contributed by atoms with E-state index in [4.69, 9.17) is 0 Å². The number of nitrogens with one attached hydrogen (secondary N) is 1. The first-order chi connectivity index (χ1) is 10.1. The summed E-state index contributed by atoms with van der Waals surface area (Å²) in [5.74, 6) is 1.27. The van der Waals surface area contributed by atoms with E-state index in [2.05, 4.69) is 52.8 Å². The number of benzene rings is 1. The number of nitrogens with zero attached hydrogens (tertiary/aromatic N) is 2. The lowest BCUT2D eigenvalue weighted by Crippen LogP contribution is -2.49. The quantitative estimate of drug-likeness (QED) is 0.890. The molecule has 0 unspecified atom stereocenters. The van der Waals surface area contributed by atoms with Crippen LogP contribution in [-0.2, 0) is 19.4 Å². The number of aliphatic hydroxyl groups is 1. The fourth-order valence-electron chi connectivity index (χ4n) is 2.82. The summed E-state index contributed by atoms with van der Waals surface area (Å²) in [7, 11) is 0. The van der Waals surface area contributed by atoms with Crippen molar-refractivity contribution >= 4 is 11.5 Å². The van der Waals surface area contributed by atoms with E-state index in [1.807, 2.05) is 0 Å². The number of rotatable bonds is 5. The summed E-state index contributed by atoms with van der Waals surface area (Å²) in [4.78, 5) is 4.55. The maximum atomic E-state index is 9.87. The number of hydrogen-bond donors (Lipinski definition) is 2. The third-order valence-corrected chi connectivity index (χ3v) is 4.82. The second kappa shape index (κ2) is 5.83. The maximum absolute atomic E-state index is 9.87. The van der Waals surface area contributed by atoms with Crippen LogP contribution in [0.3, 0.4) is 0 Å². The second-order valence-corrected chi connectivity index (χ2v) is 6.95. The van der Waals surface area contributed by atoms with E-state index in [1.165, 1.54) is 22.7 Å². The van der Waals surface area contributed by atoms with E-state index in [0.717, 1.165) is 23.7 Å². The van der Waals surface area contributed by atoms with Crippen LogP contribution in [0.5, 0.6) is 0 Å². The van der Waals surface area contributed by atoms with E-state index < -0.39 is 0 Å². The second-order valence-electron chi connectivity index (χ2n) is 6.12. The molecule has 0 amide bonds. The van der Waals surface area contributed by atoms with Gasteiger partial charge in [-0.1, -0.05) is 38.1 Å². The van der Waals surface area contributed by atoms with Crippen LogP contribution in [0.2, 0.25) is 0 Å². The number of aromatic nitrogens is 2. The first-order valence-electron chi connectivity index (χ1n) is 7.37. The highest BCUT2D eigenvalue weighted by Crippen LogP contribution is 2.30. The molecular formula is C16H21N3OS. The fourth-order valence-corrected chi connectivity index (χ4v) is 3.55. The Kier molecular flexibility index (Phi) is 4.06. The van der Waals surface area contributed by atoms with Gasteiger partial charge in [0.25, 0.3) is 0 Å². The van der Waals surface area contributed by atoms with Crippen LogP contribution >= 0.6 is 11.5 Å². The van der Waals surface area contributed by atoms with Gasteiger partial charge in [0.1, 0.15) is 10.8 Å². The normalized spacial score (nSPS) is 16.4. The Balaban J connectivity index is 1.68. The number of aliphatic hydroxyl groups excluding tert-OH is 1. The third-order valence-electron chi connectivity index (χ3n) is 4.09. The van der Waals surface area contributed by atoms with Crippen LogP contribution < -0.4 is 5.32 Å². The molecule has 0 fully saturated rings. The van der Waals surface area contributed by atoms with Gasteiger partial charge in [0.15, 0.2) is 0 Å². The molecule has 1 aromatic carbocycles. The molecule has 1 aliphatic carbocycles. The van der Waals surface area contributed by atoms with Crippen LogP contribution in [0.1, 0.15) is 41.7 Å². The van der Waals surface area contributed by atoms with Crippen molar-refractivity contribution in [2.75, 3.05) is 6.61 Å². The Morgan fingerprint density at radius 1 is 1.29 bits per heavy atom. The minimum absolute atomic E-state index is 0.136. The Labute approximate surface area is 129 Å². The Morgan fingerprint density at radius 3 is 2.48 bits per heavy atom. The van der Waals surface area contributed by atoms with Crippen LogP contribution in [0, 0.1) is 0 Å². The topological polar surface area (TPSA) is 58.0 Å². The minimum Gasteiger partial charge on any atom is -0.394 e. The highest BCUT2D eigenvalue weighted by atomic mass is 32.1. The molecule has 21 heavy (non-hydrogen) atoms. The van der Waals surface area contributed by atoms with Gasteiger partial charge < -0.3 is 10.4 Å². The standard InChI is InChI=1S/C16H21N3OS/c1-11(2)15-18-14(21-19-15)9-17-16(10-20)7-12-5-3-4-6-13(12)8-16/h3-6,11,17,20H,7-10H2,1-2H3. The third kappa shape index (κ3) is 3.00. The molecule has 5 heteroatoms. The van der Waals surface area contributed by atoms with Crippen molar-refractivity contribution in [2.24, 2.45) is 0 Å². The summed E-state index contributed by atoms with van der Waals surface area (Å²) in [6, 6.07) is 8.42. The van der Waals surface area contributed by atoms with E-state index in [9.17, 15) is 5.11 Å². The predicted octanol–water partition coefficient (Wildman–Crippen LogP) is 2.28. The smallest absolute Gasteiger partial charge is 0.145 e. The number of fused-ring (bicyclic) bond motifs is 1. The molecular weight excluding hydrogens is 282 g/mol. The molecule has 0 radical (unpaired) electrons. The van der Waals surface area contributed by atoms with E-state index in [1.54, 1.807) is 0 Å². The largest absolute Gasteiger partial charge is 0.394 e. The lowest BCUT2D eigenvalue weighted by molar-refractivity contribution is 0.166. The van der Waals surface area contributed by atoms with Crippen molar-refractivity contribution in [2.45, 2.75) is 44.7 Å². The predicted molar refractivity (Wildman–Crippen MR) is 84.5 cm³/mol. The van der Waals surface area contributed by atoms with Gasteiger partial charge in [-0.25, -0.2) is 4.98 Å². The Bertz CT molecular complexity index is 598. The van der Waals surface area contributed by atoms with Gasteiger partial charge in [0.2, 0.25) is 0 Å². The summed E-state index contributed by atoms with van der Waals surface area (Å²) >= 11 is 1.45. The molecule has 0 aliphatic heterocycles. The molecule has 2 N–H and O–H groups in total. The molecule has 0 atom stereocenters. The first-order valence-corrected chi connectivity index (χ1v) is 8.14. The molecule has 0 spiro atoms. The fraction of sp³-hybridized carbons (Fsp3) is 0.500. The highest BCUT2D eigenvalue weighted by Gasteiger charge is 2.36. The minimum atomic E-state index is -0.257. The van der Waals surface area contributed by atoms with Gasteiger partial charge in [0.05, 0.1) is 6.61 Å². The van der Waals surface area contributed by atoms with Crippen molar-refractivity contribution in [3.05, 3.63) is 46.2 Å². The van der Waals surface area contributed by atoms with Crippen molar-refractivity contribution in [3.63, 3.8) is 0 Å². The molecule has 2 aromatic rings. The lowest BCUT2D eigenvalue weighted by Gasteiger charge is -2.27. The van der Waals surface area contributed by atoms with Crippen molar-refractivity contribution in [3.8, 4) is 0 Å². The number of hydrogen-bond acceptors (Lipinski definition) is 5. The molecule has 0 saturated carbocycles. The molecule has 0 saturated heterocycles. The van der Waals surface area contributed by atoms with Crippen LogP contribution in [-0.4, -0.2) is 26.6 Å². The average molecular weight is 303 g/mol. The molecule has 1 aromatic heterocycles. The van der Waals surface area contributed by atoms with Crippen molar-refractivity contribution < 1.29 is 5.11 Å². The van der Waals surface area contributed by atoms with Crippen molar-refractivity contribution in [1.29, 1.82) is 0 Å². The molecule has 3 rings (SSSR count). The summed E-state index contributed by atoms with van der Waals surface area (Å²) < 4.78 is 4.38. The average Bonchev–Trinajstić information content (AvgIpc) is 3.10. The summed E-state index contributed by atoms with van der Waals surface area (Å²) in [5, 5.41) is 14.4. The van der Waals surface area contributed by atoms with Gasteiger partial charge in [-0.2, -0.15) is 4.37 Å². The molecule has 1 aliphatic rings. The SMILES string of the molecule is CC(C)c1nsc(CNC2(CO)Cc3ccccc3C2)n1. The molecule has 112 valence electrons. The summed E-state index contributed by atoms with van der Waals surface area (Å²) in [5.41, 5.74) is 2.41. The Hall–Kier alpha value is -1.30. The Morgan fingerprint density at radius 2 is 1.95 bits per heavy atom. The molecule has 1 heterocycles. The monoisotopic (exact) mass is 303 g/mol. The summed E-state index contributed by atoms with van der Waals surface area (Å²) in [6.45, 7) is 5.00. The summed E-state index contributed by atoms with van der Waals surface area (Å²) in [6.07, 6.45) is 1.74. The van der Waals surface area contributed by atoms with Gasteiger partial charge in [-0.05, 0) is 35.5 Å². The van der Waals surface area contributed by atoms with Gasteiger partial charge in [-0.3, -0.25) is 0 Å². The van der Waals surface area contributed by atoms with Crippen LogP contribution in [0.25, 0.3) is 0 Å². The van der Waals surface area contributed by atoms with E-state index >= 15 is 0 Å².